The molecule has 1 unspecified atom stereocenters. The molecule has 3 aliphatic rings. The van der Waals surface area contributed by atoms with Gasteiger partial charge < -0.3 is 9.80 Å². The van der Waals surface area contributed by atoms with E-state index in [4.69, 9.17) is 0 Å². The van der Waals surface area contributed by atoms with E-state index >= 15 is 0 Å². The summed E-state index contributed by atoms with van der Waals surface area (Å²) in [5.74, 6) is 1.20. The number of nitrogens with zero attached hydrogens (tertiary/aromatic N) is 3. The third-order valence-corrected chi connectivity index (χ3v) is 6.63. The number of aromatic nitrogens is 1. The number of rotatable bonds is 3. The molecule has 26 heavy (non-hydrogen) atoms. The van der Waals surface area contributed by atoms with Gasteiger partial charge in [-0.25, -0.2) is 0 Å². The number of hydrogen-bond donors (Lipinski definition) is 0. The molecule has 4 nitrogen and oxygen atoms in total. The number of carbonyl (C=O) groups is 1. The lowest BCUT2D eigenvalue weighted by molar-refractivity contribution is -0.133. The molecular weight excluding hydrogens is 322 g/mol. The fourth-order valence-corrected chi connectivity index (χ4v) is 5.18. The first-order valence-electron chi connectivity index (χ1n) is 10.8. The van der Waals surface area contributed by atoms with E-state index in [9.17, 15) is 4.79 Å². The summed E-state index contributed by atoms with van der Waals surface area (Å²) in [5.41, 5.74) is 2.33. The van der Waals surface area contributed by atoms with E-state index in [1.54, 1.807) is 0 Å². The van der Waals surface area contributed by atoms with Crippen LogP contribution in [0.3, 0.4) is 0 Å². The molecule has 0 radical (unpaired) electrons. The lowest BCUT2D eigenvalue weighted by Crippen LogP contribution is -2.40. The predicted molar refractivity (Wildman–Crippen MR) is 104 cm³/mol. The topological polar surface area (TPSA) is 36.4 Å². The van der Waals surface area contributed by atoms with Crippen LogP contribution in [-0.4, -0.2) is 53.4 Å². The van der Waals surface area contributed by atoms with Crippen LogP contribution in [0.2, 0.25) is 0 Å². The van der Waals surface area contributed by atoms with Gasteiger partial charge in [-0.05, 0) is 62.6 Å². The highest BCUT2D eigenvalue weighted by Crippen LogP contribution is 2.31. The summed E-state index contributed by atoms with van der Waals surface area (Å²) in [6.45, 7) is 5.25. The third kappa shape index (κ3) is 4.11. The van der Waals surface area contributed by atoms with Crippen molar-refractivity contribution in [3.05, 3.63) is 29.6 Å². The van der Waals surface area contributed by atoms with Gasteiger partial charge in [0.2, 0.25) is 5.91 Å². The van der Waals surface area contributed by atoms with E-state index in [1.165, 1.54) is 44.2 Å². The van der Waals surface area contributed by atoms with Crippen molar-refractivity contribution in [1.82, 2.24) is 14.8 Å². The van der Waals surface area contributed by atoms with Crippen LogP contribution in [0.5, 0.6) is 0 Å². The van der Waals surface area contributed by atoms with Gasteiger partial charge in [-0.15, -0.1) is 0 Å². The van der Waals surface area contributed by atoms with Gasteiger partial charge in [-0.3, -0.25) is 9.78 Å². The Kier molecular flexibility index (Phi) is 5.88. The Hall–Kier alpha value is -1.42. The zero-order chi connectivity index (χ0) is 17.8. The average molecular weight is 356 g/mol. The third-order valence-electron chi connectivity index (χ3n) is 6.63. The Morgan fingerprint density at radius 3 is 2.77 bits per heavy atom. The van der Waals surface area contributed by atoms with E-state index in [0.717, 1.165) is 63.5 Å². The first kappa shape index (κ1) is 18.0. The molecule has 142 valence electrons. The molecule has 0 N–H and O–H groups in total. The molecule has 1 saturated carbocycles. The van der Waals surface area contributed by atoms with Crippen LogP contribution in [0, 0.1) is 5.92 Å². The molecule has 1 aliphatic heterocycles. The van der Waals surface area contributed by atoms with Gasteiger partial charge in [0.15, 0.2) is 0 Å². The Bertz CT molecular complexity index is 611. The molecular formula is C22H33N3O. The highest BCUT2D eigenvalue weighted by atomic mass is 16.2. The number of hydrogen-bond acceptors (Lipinski definition) is 3. The molecule has 4 rings (SSSR count). The number of carbonyl (C=O) groups excluding carboxylic acids is 1. The molecule has 1 aromatic rings. The van der Waals surface area contributed by atoms with Gasteiger partial charge in [-0.1, -0.05) is 25.3 Å². The smallest absolute Gasteiger partial charge is 0.231 e. The van der Waals surface area contributed by atoms with E-state index in [0.29, 0.717) is 5.91 Å². The van der Waals surface area contributed by atoms with Crippen LogP contribution in [0.4, 0.5) is 0 Å². The molecule has 2 heterocycles. The van der Waals surface area contributed by atoms with Crippen LogP contribution in [0.25, 0.3) is 0 Å². The summed E-state index contributed by atoms with van der Waals surface area (Å²) < 4.78 is 0. The second kappa shape index (κ2) is 8.51. The van der Waals surface area contributed by atoms with Crippen LogP contribution in [0.1, 0.15) is 68.5 Å². The van der Waals surface area contributed by atoms with Gasteiger partial charge in [0.05, 0.1) is 11.6 Å². The Labute approximate surface area is 158 Å². The second-order valence-electron chi connectivity index (χ2n) is 8.48. The SMILES string of the molecule is O=C(C1CCCc2cccnc21)N1CCCN(CC2CCCCC2)CC1. The van der Waals surface area contributed by atoms with E-state index in [-0.39, 0.29) is 5.92 Å². The van der Waals surface area contributed by atoms with Crippen LogP contribution in [0.15, 0.2) is 18.3 Å². The largest absolute Gasteiger partial charge is 0.341 e. The summed E-state index contributed by atoms with van der Waals surface area (Å²) in [6.07, 6.45) is 13.2. The lowest BCUT2D eigenvalue weighted by atomic mass is 9.85. The first-order chi connectivity index (χ1) is 12.8. The van der Waals surface area contributed by atoms with Gasteiger partial charge in [0.25, 0.3) is 0 Å². The molecule has 2 fully saturated rings. The predicted octanol–water partition coefficient (Wildman–Crippen LogP) is 3.62. The minimum Gasteiger partial charge on any atom is -0.341 e. The van der Waals surface area contributed by atoms with E-state index in [1.807, 2.05) is 12.3 Å². The average Bonchev–Trinajstić information content (AvgIpc) is 2.93. The summed E-state index contributed by atoms with van der Waals surface area (Å²) in [4.78, 5) is 22.6. The van der Waals surface area contributed by atoms with Crippen LogP contribution >= 0.6 is 0 Å². The zero-order valence-electron chi connectivity index (χ0n) is 16.0. The minimum atomic E-state index is -0.00940. The maximum absolute atomic E-state index is 13.2. The van der Waals surface area contributed by atoms with Gasteiger partial charge in [-0.2, -0.15) is 0 Å². The number of aryl methyl sites for hydroxylation is 1. The highest BCUT2D eigenvalue weighted by molar-refractivity contribution is 5.84. The van der Waals surface area contributed by atoms with Crippen molar-refractivity contribution in [1.29, 1.82) is 0 Å². The standard InChI is InChI=1S/C22H33N3O/c26-22(20-11-4-9-19-10-5-12-23-21(19)20)25-14-6-13-24(15-16-25)17-18-7-2-1-3-8-18/h5,10,12,18,20H,1-4,6-9,11,13-17H2. The molecule has 2 aliphatic carbocycles. The minimum absolute atomic E-state index is 0.00940. The summed E-state index contributed by atoms with van der Waals surface area (Å²) >= 11 is 0. The molecule has 4 heteroatoms. The van der Waals surface area contributed by atoms with Crippen molar-refractivity contribution in [2.24, 2.45) is 5.92 Å². The fraction of sp³-hybridized carbons (Fsp3) is 0.727. The molecule has 0 aromatic carbocycles. The summed E-state index contributed by atoms with van der Waals surface area (Å²) in [7, 11) is 0. The van der Waals surface area contributed by atoms with Crippen molar-refractivity contribution in [3.8, 4) is 0 Å². The summed E-state index contributed by atoms with van der Waals surface area (Å²) in [6, 6.07) is 4.15. The maximum atomic E-state index is 13.2. The Morgan fingerprint density at radius 1 is 1.00 bits per heavy atom. The fourth-order valence-electron chi connectivity index (χ4n) is 5.18. The monoisotopic (exact) mass is 355 g/mol. The normalized spacial score (nSPS) is 25.5. The van der Waals surface area contributed by atoms with Crippen molar-refractivity contribution < 1.29 is 4.79 Å². The Balaban J connectivity index is 1.36. The highest BCUT2D eigenvalue weighted by Gasteiger charge is 2.32. The molecule has 1 amide bonds. The van der Waals surface area contributed by atoms with Crippen molar-refractivity contribution >= 4 is 5.91 Å². The van der Waals surface area contributed by atoms with E-state index in [2.05, 4.69) is 20.9 Å². The summed E-state index contributed by atoms with van der Waals surface area (Å²) in [5, 5.41) is 0. The van der Waals surface area contributed by atoms with Crippen LogP contribution in [-0.2, 0) is 11.2 Å². The first-order valence-corrected chi connectivity index (χ1v) is 10.8. The number of pyridine rings is 1. The van der Waals surface area contributed by atoms with Crippen molar-refractivity contribution in [3.63, 3.8) is 0 Å². The number of amides is 1. The maximum Gasteiger partial charge on any atom is 0.231 e. The molecule has 1 saturated heterocycles. The molecule has 1 aromatic heterocycles. The molecule has 1 atom stereocenters. The second-order valence-corrected chi connectivity index (χ2v) is 8.48. The van der Waals surface area contributed by atoms with Crippen LogP contribution < -0.4 is 0 Å². The zero-order valence-corrected chi connectivity index (χ0v) is 16.0. The van der Waals surface area contributed by atoms with Gasteiger partial charge in [0.1, 0.15) is 0 Å². The van der Waals surface area contributed by atoms with Crippen molar-refractivity contribution in [2.75, 3.05) is 32.7 Å². The Morgan fingerprint density at radius 2 is 1.88 bits per heavy atom. The lowest BCUT2D eigenvalue weighted by Gasteiger charge is -2.30. The number of fused-ring (bicyclic) bond motifs is 1. The van der Waals surface area contributed by atoms with Gasteiger partial charge in [0, 0.05) is 32.4 Å². The van der Waals surface area contributed by atoms with E-state index < -0.39 is 0 Å². The molecule has 0 spiro atoms. The van der Waals surface area contributed by atoms with Gasteiger partial charge >= 0.3 is 0 Å². The van der Waals surface area contributed by atoms with Crippen molar-refractivity contribution in [2.45, 2.75) is 63.7 Å². The molecule has 0 bridgehead atoms. The quantitative estimate of drug-likeness (QED) is 0.831.